The van der Waals surface area contributed by atoms with E-state index in [1.54, 1.807) is 30.3 Å². The van der Waals surface area contributed by atoms with Crippen molar-refractivity contribution in [3.8, 4) is 0 Å². The van der Waals surface area contributed by atoms with Gasteiger partial charge in [-0.15, -0.1) is 0 Å². The lowest BCUT2D eigenvalue weighted by Gasteiger charge is -2.07. The molecule has 0 saturated carbocycles. The second-order valence-corrected chi connectivity index (χ2v) is 4.81. The fraction of sp³-hybridized carbons (Fsp3) is 0.133. The predicted octanol–water partition coefficient (Wildman–Crippen LogP) is 2.65. The minimum atomic E-state index is -0.513. The van der Waals surface area contributed by atoms with Gasteiger partial charge in [-0.2, -0.15) is 0 Å². The smallest absolute Gasteiger partial charge is 0.255 e. The second kappa shape index (κ2) is 6.37. The molecule has 108 valence electrons. The van der Waals surface area contributed by atoms with Gasteiger partial charge in [-0.1, -0.05) is 18.5 Å². The van der Waals surface area contributed by atoms with E-state index in [1.165, 1.54) is 6.07 Å². The number of rotatable bonds is 4. The van der Waals surface area contributed by atoms with E-state index >= 15 is 0 Å². The van der Waals surface area contributed by atoms with Crippen molar-refractivity contribution in [2.45, 2.75) is 13.3 Å². The number of aryl methyl sites for hydroxylation is 1. The van der Waals surface area contributed by atoms with Crippen LogP contribution in [-0.4, -0.2) is 16.8 Å². The highest BCUT2D eigenvalue weighted by molar-refractivity contribution is 6.29. The first kappa shape index (κ1) is 15.0. The van der Waals surface area contributed by atoms with E-state index in [4.69, 9.17) is 17.3 Å². The lowest BCUT2D eigenvalue weighted by molar-refractivity contribution is 0.0998. The van der Waals surface area contributed by atoms with E-state index in [0.29, 0.717) is 23.2 Å². The molecular formula is C15H14ClN3O2. The Labute approximate surface area is 127 Å². The molecular weight excluding hydrogens is 290 g/mol. The highest BCUT2D eigenvalue weighted by Crippen LogP contribution is 2.15. The van der Waals surface area contributed by atoms with Crippen LogP contribution in [0.1, 0.15) is 33.3 Å². The summed E-state index contributed by atoms with van der Waals surface area (Å²) in [5, 5.41) is 3.01. The van der Waals surface area contributed by atoms with Crippen LogP contribution in [0.25, 0.3) is 0 Å². The van der Waals surface area contributed by atoms with Gasteiger partial charge >= 0.3 is 0 Å². The molecule has 0 bridgehead atoms. The zero-order valence-electron chi connectivity index (χ0n) is 11.4. The molecule has 0 radical (unpaired) electrons. The number of primary amides is 1. The molecule has 0 spiro atoms. The third-order valence-electron chi connectivity index (χ3n) is 2.90. The third kappa shape index (κ3) is 3.79. The Hall–Kier alpha value is -2.40. The molecule has 0 fully saturated rings. The number of carbonyl (C=O) groups excluding carboxylic acids is 2. The van der Waals surface area contributed by atoms with Crippen LogP contribution in [0.4, 0.5) is 5.69 Å². The maximum Gasteiger partial charge on any atom is 0.255 e. The van der Waals surface area contributed by atoms with Gasteiger partial charge in [0.15, 0.2) is 0 Å². The number of nitrogens with zero attached hydrogens (tertiary/aromatic N) is 1. The van der Waals surface area contributed by atoms with Crippen molar-refractivity contribution in [1.82, 2.24) is 4.98 Å². The number of hydrogen-bond acceptors (Lipinski definition) is 3. The Balaban J connectivity index is 2.17. The number of anilines is 1. The van der Waals surface area contributed by atoms with E-state index in [0.717, 1.165) is 5.69 Å². The number of pyridine rings is 1. The second-order valence-electron chi connectivity index (χ2n) is 4.42. The van der Waals surface area contributed by atoms with Crippen LogP contribution in [0.3, 0.4) is 0 Å². The Bertz CT molecular complexity index is 684. The maximum atomic E-state index is 12.2. The first-order chi connectivity index (χ1) is 9.99. The standard InChI is InChI=1S/C15H14ClN3O2/c1-2-11-7-10(8-13(16)18-11)15(21)19-12-5-3-9(4-6-12)14(17)20/h3-8H,2H2,1H3,(H2,17,20)(H,19,21). The molecule has 21 heavy (non-hydrogen) atoms. The molecule has 3 N–H and O–H groups in total. The molecule has 0 aliphatic heterocycles. The quantitative estimate of drug-likeness (QED) is 0.851. The number of hydrogen-bond donors (Lipinski definition) is 2. The minimum Gasteiger partial charge on any atom is -0.366 e. The summed E-state index contributed by atoms with van der Waals surface area (Å²) in [5.41, 5.74) is 7.29. The minimum absolute atomic E-state index is 0.281. The Morgan fingerprint density at radius 2 is 1.86 bits per heavy atom. The number of amides is 2. The van der Waals surface area contributed by atoms with Crippen molar-refractivity contribution in [2.24, 2.45) is 5.73 Å². The van der Waals surface area contributed by atoms with Gasteiger partial charge < -0.3 is 11.1 Å². The van der Waals surface area contributed by atoms with Crippen LogP contribution in [0, 0.1) is 0 Å². The topological polar surface area (TPSA) is 85.1 Å². The molecule has 5 nitrogen and oxygen atoms in total. The van der Waals surface area contributed by atoms with E-state index < -0.39 is 5.91 Å². The molecule has 0 aliphatic carbocycles. The van der Waals surface area contributed by atoms with Gasteiger partial charge in [-0.05, 0) is 42.8 Å². The summed E-state index contributed by atoms with van der Waals surface area (Å²) in [6.07, 6.45) is 0.689. The molecule has 6 heteroatoms. The largest absolute Gasteiger partial charge is 0.366 e. The summed E-state index contributed by atoms with van der Waals surface area (Å²) in [6.45, 7) is 1.93. The number of aromatic nitrogens is 1. The number of halogens is 1. The fourth-order valence-electron chi connectivity index (χ4n) is 1.78. The molecule has 1 aromatic carbocycles. The van der Waals surface area contributed by atoms with E-state index in [9.17, 15) is 9.59 Å². The summed E-state index contributed by atoms with van der Waals surface area (Å²) >= 11 is 5.89. The van der Waals surface area contributed by atoms with Crippen molar-refractivity contribution in [1.29, 1.82) is 0 Å². The average Bonchev–Trinajstić information content (AvgIpc) is 2.47. The van der Waals surface area contributed by atoms with E-state index in [1.807, 2.05) is 6.92 Å². The Kier molecular flexibility index (Phi) is 4.55. The zero-order valence-corrected chi connectivity index (χ0v) is 12.1. The number of nitrogens with two attached hydrogens (primary N) is 1. The average molecular weight is 304 g/mol. The van der Waals surface area contributed by atoms with Crippen molar-refractivity contribution < 1.29 is 9.59 Å². The highest BCUT2D eigenvalue weighted by atomic mass is 35.5. The van der Waals surface area contributed by atoms with Gasteiger partial charge in [0.25, 0.3) is 5.91 Å². The van der Waals surface area contributed by atoms with Gasteiger partial charge in [0.2, 0.25) is 5.91 Å². The molecule has 0 aliphatic rings. The Morgan fingerprint density at radius 3 is 2.43 bits per heavy atom. The number of benzene rings is 1. The molecule has 1 heterocycles. The van der Waals surface area contributed by atoms with Crippen molar-refractivity contribution in [3.63, 3.8) is 0 Å². The molecule has 0 unspecified atom stereocenters. The summed E-state index contributed by atoms with van der Waals surface area (Å²) in [4.78, 5) is 27.2. The highest BCUT2D eigenvalue weighted by Gasteiger charge is 2.09. The first-order valence-electron chi connectivity index (χ1n) is 6.37. The number of nitrogens with one attached hydrogen (secondary N) is 1. The van der Waals surface area contributed by atoms with Crippen LogP contribution in [0.2, 0.25) is 5.15 Å². The normalized spacial score (nSPS) is 10.2. The first-order valence-corrected chi connectivity index (χ1v) is 6.75. The molecule has 2 amide bonds. The Morgan fingerprint density at radius 1 is 1.19 bits per heavy atom. The molecule has 1 aromatic heterocycles. The van der Waals surface area contributed by atoms with Crippen molar-refractivity contribution >= 4 is 29.1 Å². The summed E-state index contributed by atoms with van der Waals surface area (Å²) < 4.78 is 0. The van der Waals surface area contributed by atoms with Gasteiger partial charge in [0, 0.05) is 22.5 Å². The number of carbonyl (C=O) groups is 2. The zero-order chi connectivity index (χ0) is 15.4. The van der Waals surface area contributed by atoms with Gasteiger partial charge in [0.05, 0.1) is 0 Å². The summed E-state index contributed by atoms with van der Waals surface area (Å²) in [5.74, 6) is -0.804. The fourth-order valence-corrected chi connectivity index (χ4v) is 2.01. The van der Waals surface area contributed by atoms with Crippen molar-refractivity contribution in [2.75, 3.05) is 5.32 Å². The van der Waals surface area contributed by atoms with Crippen molar-refractivity contribution in [3.05, 3.63) is 58.4 Å². The van der Waals surface area contributed by atoms with Crippen LogP contribution in [-0.2, 0) is 6.42 Å². The van der Waals surface area contributed by atoms with Crippen LogP contribution < -0.4 is 11.1 Å². The van der Waals surface area contributed by atoms with Crippen LogP contribution >= 0.6 is 11.6 Å². The summed E-state index contributed by atoms with van der Waals surface area (Å²) in [7, 11) is 0. The van der Waals surface area contributed by atoms with E-state index in [-0.39, 0.29) is 11.1 Å². The predicted molar refractivity (Wildman–Crippen MR) is 81.5 cm³/mol. The third-order valence-corrected chi connectivity index (χ3v) is 3.09. The van der Waals surface area contributed by atoms with Gasteiger partial charge in [-0.3, -0.25) is 9.59 Å². The summed E-state index contributed by atoms with van der Waals surface area (Å²) in [6, 6.07) is 9.53. The maximum absolute atomic E-state index is 12.2. The van der Waals surface area contributed by atoms with E-state index in [2.05, 4.69) is 10.3 Å². The lowest BCUT2D eigenvalue weighted by Crippen LogP contribution is -2.14. The van der Waals surface area contributed by atoms with Gasteiger partial charge in [0.1, 0.15) is 5.15 Å². The molecule has 2 rings (SSSR count). The molecule has 0 saturated heterocycles. The van der Waals surface area contributed by atoms with Crippen LogP contribution in [0.15, 0.2) is 36.4 Å². The molecule has 0 atom stereocenters. The van der Waals surface area contributed by atoms with Crippen LogP contribution in [0.5, 0.6) is 0 Å². The molecule has 2 aromatic rings. The monoisotopic (exact) mass is 303 g/mol. The lowest BCUT2D eigenvalue weighted by atomic mass is 10.1. The SMILES string of the molecule is CCc1cc(C(=O)Nc2ccc(C(N)=O)cc2)cc(Cl)n1. The van der Waals surface area contributed by atoms with Gasteiger partial charge in [-0.25, -0.2) is 4.98 Å².